The molecule has 1 aromatic rings. The first-order chi connectivity index (χ1) is 11.2. The number of unbranched alkanes of at least 4 members (excludes halogenated alkanes) is 3. The second kappa shape index (κ2) is 11.2. The topological polar surface area (TPSA) is 54.7 Å². The highest BCUT2D eigenvalue weighted by Crippen LogP contribution is 2.11. The lowest BCUT2D eigenvalue weighted by Crippen LogP contribution is -2.36. The van der Waals surface area contributed by atoms with Crippen LogP contribution in [0.4, 0.5) is 0 Å². The van der Waals surface area contributed by atoms with Gasteiger partial charge in [-0.15, -0.1) is 0 Å². The Labute approximate surface area is 139 Å². The van der Waals surface area contributed by atoms with Crippen molar-refractivity contribution in [1.82, 2.24) is 9.47 Å². The summed E-state index contributed by atoms with van der Waals surface area (Å²) in [6.45, 7) is 11.7. The van der Waals surface area contributed by atoms with Crippen molar-refractivity contribution in [1.29, 1.82) is 0 Å². The molecule has 0 aromatic carbocycles. The number of pyridine rings is 1. The maximum Gasteiger partial charge on any atom is 0.223 e. The first-order valence-electron chi connectivity index (χ1n) is 8.87. The van der Waals surface area contributed by atoms with Gasteiger partial charge in [-0.25, -0.2) is 0 Å². The molecule has 2 rings (SSSR count). The fraction of sp³-hybridized carbons (Fsp3) is 0.722. The third kappa shape index (κ3) is 6.75. The average Bonchev–Trinajstić information content (AvgIpc) is 2.60. The fourth-order valence-electron chi connectivity index (χ4n) is 2.70. The Morgan fingerprint density at radius 1 is 1.09 bits per heavy atom. The van der Waals surface area contributed by atoms with Gasteiger partial charge in [0, 0.05) is 31.9 Å². The lowest BCUT2D eigenvalue weighted by Gasteiger charge is -2.26. The van der Waals surface area contributed by atoms with Gasteiger partial charge in [0.05, 0.1) is 18.9 Å². The van der Waals surface area contributed by atoms with Crippen LogP contribution in [0.3, 0.4) is 0 Å². The molecule has 2 heterocycles. The van der Waals surface area contributed by atoms with E-state index in [0.717, 1.165) is 39.3 Å². The predicted molar refractivity (Wildman–Crippen MR) is 94.2 cm³/mol. The summed E-state index contributed by atoms with van der Waals surface area (Å²) in [5, 5.41) is 9.62. The first-order valence-corrected chi connectivity index (χ1v) is 8.87. The molecule has 1 aliphatic heterocycles. The third-order valence-corrected chi connectivity index (χ3v) is 4.14. The van der Waals surface area contributed by atoms with Crippen molar-refractivity contribution in [3.8, 4) is 5.75 Å². The number of hydrogen-bond donors (Lipinski definition) is 1. The highest BCUT2D eigenvalue weighted by atomic mass is 16.5. The Hall–Kier alpha value is -1.33. The largest absolute Gasteiger partial charge is 0.503 e. The molecule has 0 aliphatic carbocycles. The molecule has 5 heteroatoms. The van der Waals surface area contributed by atoms with E-state index in [-0.39, 0.29) is 11.2 Å². The Morgan fingerprint density at radius 3 is 2.35 bits per heavy atom. The van der Waals surface area contributed by atoms with Crippen LogP contribution < -0.4 is 5.43 Å². The van der Waals surface area contributed by atoms with Crippen molar-refractivity contribution in [2.75, 3.05) is 32.8 Å². The molecular formula is C18H32N2O3. The molecule has 0 saturated carbocycles. The maximum absolute atomic E-state index is 11.3. The second-order valence-electron chi connectivity index (χ2n) is 5.68. The highest BCUT2D eigenvalue weighted by Gasteiger charge is 2.09. The van der Waals surface area contributed by atoms with Crippen LogP contribution in [-0.2, 0) is 11.3 Å². The van der Waals surface area contributed by atoms with Crippen LogP contribution in [0.1, 0.15) is 45.2 Å². The van der Waals surface area contributed by atoms with Crippen molar-refractivity contribution in [2.45, 2.75) is 53.0 Å². The Morgan fingerprint density at radius 2 is 1.70 bits per heavy atom. The number of aromatic nitrogens is 1. The molecule has 1 aromatic heterocycles. The SMILES string of the molecule is CC.Cc1c(O)c(=O)ccn1CCCCCCN1CCOCC1. The Balaban J connectivity index is 0.00000127. The van der Waals surface area contributed by atoms with Crippen LogP contribution in [0.2, 0.25) is 0 Å². The summed E-state index contributed by atoms with van der Waals surface area (Å²) in [5.41, 5.74) is 0.366. The molecule has 1 fully saturated rings. The molecular weight excluding hydrogens is 292 g/mol. The van der Waals surface area contributed by atoms with Crippen LogP contribution in [0.15, 0.2) is 17.1 Å². The van der Waals surface area contributed by atoms with E-state index in [1.165, 1.54) is 31.9 Å². The monoisotopic (exact) mass is 324 g/mol. The van der Waals surface area contributed by atoms with Gasteiger partial charge in [0.1, 0.15) is 0 Å². The number of morpholine rings is 1. The van der Waals surface area contributed by atoms with Gasteiger partial charge in [-0.3, -0.25) is 9.69 Å². The van der Waals surface area contributed by atoms with Crippen LogP contribution in [0.5, 0.6) is 5.75 Å². The van der Waals surface area contributed by atoms with Crippen molar-refractivity contribution < 1.29 is 9.84 Å². The molecule has 1 saturated heterocycles. The highest BCUT2D eigenvalue weighted by molar-refractivity contribution is 5.25. The zero-order valence-electron chi connectivity index (χ0n) is 14.9. The molecule has 132 valence electrons. The molecule has 0 radical (unpaired) electrons. The summed E-state index contributed by atoms with van der Waals surface area (Å²) in [5.74, 6) is -0.121. The number of hydrogen-bond acceptors (Lipinski definition) is 4. The molecule has 0 amide bonds. The molecule has 1 aliphatic rings. The minimum absolute atomic E-state index is 0.121. The van der Waals surface area contributed by atoms with Gasteiger partial charge in [-0.2, -0.15) is 0 Å². The van der Waals surface area contributed by atoms with E-state index in [1.807, 2.05) is 18.4 Å². The Kier molecular flexibility index (Phi) is 9.64. The number of nitrogens with zero attached hydrogens (tertiary/aromatic N) is 2. The van der Waals surface area contributed by atoms with Gasteiger partial charge in [-0.1, -0.05) is 26.7 Å². The third-order valence-electron chi connectivity index (χ3n) is 4.14. The van der Waals surface area contributed by atoms with Crippen LogP contribution >= 0.6 is 0 Å². The summed E-state index contributed by atoms with van der Waals surface area (Å²) in [4.78, 5) is 13.7. The number of ether oxygens (including phenoxy) is 1. The van der Waals surface area contributed by atoms with Crippen molar-refractivity contribution in [3.63, 3.8) is 0 Å². The van der Waals surface area contributed by atoms with Gasteiger partial charge in [0.15, 0.2) is 5.75 Å². The van der Waals surface area contributed by atoms with E-state index in [1.54, 1.807) is 13.1 Å². The van der Waals surface area contributed by atoms with Crippen molar-refractivity contribution >= 4 is 0 Å². The maximum atomic E-state index is 11.3. The standard InChI is InChI=1S/C16H26N2O3.C2H6/c1-14-16(20)15(19)6-9-18(14)8-5-3-2-4-7-17-10-12-21-13-11-17;1-2/h6,9,20H,2-5,7-8,10-13H2,1H3;1-2H3. The summed E-state index contributed by atoms with van der Waals surface area (Å²) in [7, 11) is 0. The Bertz CT molecular complexity index is 494. The summed E-state index contributed by atoms with van der Waals surface area (Å²) >= 11 is 0. The summed E-state index contributed by atoms with van der Waals surface area (Å²) in [6.07, 6.45) is 6.48. The van der Waals surface area contributed by atoms with Gasteiger partial charge in [0.2, 0.25) is 5.43 Å². The lowest BCUT2D eigenvalue weighted by molar-refractivity contribution is 0.0371. The number of rotatable bonds is 7. The van der Waals surface area contributed by atoms with Gasteiger partial charge >= 0.3 is 0 Å². The van der Waals surface area contributed by atoms with E-state index in [0.29, 0.717) is 5.69 Å². The zero-order valence-corrected chi connectivity index (χ0v) is 14.9. The molecule has 0 bridgehead atoms. The molecule has 5 nitrogen and oxygen atoms in total. The van der Waals surface area contributed by atoms with E-state index < -0.39 is 0 Å². The summed E-state index contributed by atoms with van der Waals surface area (Å²) in [6, 6.07) is 1.43. The number of aryl methyl sites for hydroxylation is 1. The normalized spacial score (nSPS) is 15.1. The fourth-order valence-corrected chi connectivity index (χ4v) is 2.70. The van der Waals surface area contributed by atoms with Gasteiger partial charge < -0.3 is 14.4 Å². The predicted octanol–water partition coefficient (Wildman–Crippen LogP) is 2.78. The van der Waals surface area contributed by atoms with Crippen LogP contribution in [0, 0.1) is 6.92 Å². The molecule has 0 spiro atoms. The van der Waals surface area contributed by atoms with Crippen molar-refractivity contribution in [3.05, 3.63) is 28.2 Å². The molecule has 0 unspecified atom stereocenters. The zero-order chi connectivity index (χ0) is 17.1. The van der Waals surface area contributed by atoms with E-state index in [9.17, 15) is 9.90 Å². The second-order valence-corrected chi connectivity index (χ2v) is 5.68. The van der Waals surface area contributed by atoms with Crippen LogP contribution in [0.25, 0.3) is 0 Å². The van der Waals surface area contributed by atoms with Crippen molar-refractivity contribution in [2.24, 2.45) is 0 Å². The average molecular weight is 324 g/mol. The van der Waals surface area contributed by atoms with Gasteiger partial charge in [0.25, 0.3) is 0 Å². The van der Waals surface area contributed by atoms with E-state index in [4.69, 9.17) is 4.74 Å². The number of aromatic hydroxyl groups is 1. The molecule has 1 N–H and O–H groups in total. The minimum Gasteiger partial charge on any atom is -0.503 e. The van der Waals surface area contributed by atoms with E-state index in [2.05, 4.69) is 4.90 Å². The van der Waals surface area contributed by atoms with Crippen LogP contribution in [-0.4, -0.2) is 47.4 Å². The first kappa shape index (κ1) is 19.7. The van der Waals surface area contributed by atoms with Gasteiger partial charge in [-0.05, 0) is 26.3 Å². The summed E-state index contributed by atoms with van der Waals surface area (Å²) < 4.78 is 7.29. The smallest absolute Gasteiger partial charge is 0.223 e. The van der Waals surface area contributed by atoms with E-state index >= 15 is 0 Å². The molecule has 23 heavy (non-hydrogen) atoms. The minimum atomic E-state index is -0.297. The quantitative estimate of drug-likeness (QED) is 0.784. The lowest BCUT2D eigenvalue weighted by atomic mass is 10.1. The molecule has 0 atom stereocenters.